The number of carboxylic acids is 1. The number of sulfonamides is 1. The van der Waals surface area contributed by atoms with Gasteiger partial charge >= 0.3 is 5.97 Å². The lowest BCUT2D eigenvalue weighted by Gasteiger charge is -2.26. The molecule has 0 atom stereocenters. The second kappa shape index (κ2) is 5.86. The molecule has 9 heteroatoms. The maximum absolute atomic E-state index is 13.7. The lowest BCUT2D eigenvalue weighted by molar-refractivity contribution is 0.0698. The summed E-state index contributed by atoms with van der Waals surface area (Å²) in [7, 11) is -3.42. The van der Waals surface area contributed by atoms with E-state index in [1.807, 2.05) is 0 Å². The van der Waals surface area contributed by atoms with E-state index < -0.39 is 27.3 Å². The van der Waals surface area contributed by atoms with E-state index in [0.29, 0.717) is 0 Å². The first kappa shape index (κ1) is 17.2. The molecule has 118 valence electrons. The van der Waals surface area contributed by atoms with Crippen molar-refractivity contribution >= 4 is 27.4 Å². The molecule has 21 heavy (non-hydrogen) atoms. The monoisotopic (exact) mass is 319 g/mol. The fourth-order valence-corrected chi connectivity index (χ4v) is 2.84. The highest BCUT2D eigenvalue weighted by Gasteiger charge is 2.23. The molecule has 0 spiro atoms. The van der Waals surface area contributed by atoms with E-state index in [0.717, 1.165) is 18.4 Å². The highest BCUT2D eigenvalue weighted by molar-refractivity contribution is 7.88. The molecule has 5 N–H and O–H groups in total. The quantitative estimate of drug-likeness (QED) is 0.577. The van der Waals surface area contributed by atoms with Crippen LogP contribution in [0.1, 0.15) is 24.2 Å². The standard InChI is InChI=1S/C12H18FN3O4S/c1-12(2,16-21(3,19)20)6-15-10-4-7(11(17)18)9(14)5-8(10)13/h4-5,15-16H,6,14H2,1-3H3,(H,17,18). The third kappa shape index (κ3) is 5.20. The number of anilines is 2. The second-order valence-corrected chi connectivity index (χ2v) is 7.08. The lowest BCUT2D eigenvalue weighted by Crippen LogP contribution is -2.47. The Morgan fingerprint density at radius 1 is 1.43 bits per heavy atom. The molecular weight excluding hydrogens is 301 g/mol. The summed E-state index contributed by atoms with van der Waals surface area (Å²) in [6, 6.07) is 1.98. The maximum Gasteiger partial charge on any atom is 0.337 e. The van der Waals surface area contributed by atoms with E-state index in [1.165, 1.54) is 0 Å². The maximum atomic E-state index is 13.7. The van der Waals surface area contributed by atoms with Crippen LogP contribution in [0.2, 0.25) is 0 Å². The van der Waals surface area contributed by atoms with Gasteiger partial charge in [-0.15, -0.1) is 0 Å². The molecular formula is C12H18FN3O4S. The summed E-state index contributed by atoms with van der Waals surface area (Å²) >= 11 is 0. The van der Waals surface area contributed by atoms with Crippen LogP contribution in [0, 0.1) is 5.82 Å². The van der Waals surface area contributed by atoms with Gasteiger partial charge < -0.3 is 16.2 Å². The molecule has 0 amide bonds. The van der Waals surface area contributed by atoms with Gasteiger partial charge in [0.1, 0.15) is 5.82 Å². The number of hydrogen-bond acceptors (Lipinski definition) is 5. The summed E-state index contributed by atoms with van der Waals surface area (Å²) in [5.74, 6) is -1.99. The van der Waals surface area contributed by atoms with Gasteiger partial charge in [-0.25, -0.2) is 22.3 Å². The van der Waals surface area contributed by atoms with Gasteiger partial charge in [0.15, 0.2) is 0 Å². The van der Waals surface area contributed by atoms with Crippen molar-refractivity contribution in [3.63, 3.8) is 0 Å². The van der Waals surface area contributed by atoms with Crippen molar-refractivity contribution in [3.8, 4) is 0 Å². The number of hydrogen-bond donors (Lipinski definition) is 4. The molecule has 0 aromatic heterocycles. The van der Waals surface area contributed by atoms with Gasteiger partial charge in [-0.1, -0.05) is 0 Å². The molecule has 0 radical (unpaired) electrons. The van der Waals surface area contributed by atoms with Crippen LogP contribution in [0.5, 0.6) is 0 Å². The van der Waals surface area contributed by atoms with Crippen molar-refractivity contribution in [2.24, 2.45) is 0 Å². The fourth-order valence-electron chi connectivity index (χ4n) is 1.76. The van der Waals surface area contributed by atoms with Crippen molar-refractivity contribution in [3.05, 3.63) is 23.5 Å². The predicted octanol–water partition coefficient (Wildman–Crippen LogP) is 0.846. The zero-order valence-electron chi connectivity index (χ0n) is 11.9. The average molecular weight is 319 g/mol. The van der Waals surface area contributed by atoms with E-state index >= 15 is 0 Å². The molecule has 0 aliphatic heterocycles. The molecule has 0 unspecified atom stereocenters. The number of benzene rings is 1. The van der Waals surface area contributed by atoms with E-state index in [4.69, 9.17) is 10.8 Å². The number of carbonyl (C=O) groups is 1. The summed E-state index contributed by atoms with van der Waals surface area (Å²) in [4.78, 5) is 11.0. The Morgan fingerprint density at radius 3 is 2.48 bits per heavy atom. The predicted molar refractivity (Wildman–Crippen MR) is 78.3 cm³/mol. The normalized spacial score (nSPS) is 12.2. The van der Waals surface area contributed by atoms with Gasteiger partial charge in [-0.2, -0.15) is 0 Å². The molecule has 0 fully saturated rings. The Kier molecular flexibility index (Phi) is 4.79. The molecule has 1 aromatic rings. The molecule has 0 saturated carbocycles. The zero-order valence-corrected chi connectivity index (χ0v) is 12.7. The van der Waals surface area contributed by atoms with Gasteiger partial charge in [0.25, 0.3) is 0 Å². The Balaban J connectivity index is 2.94. The van der Waals surface area contributed by atoms with Crippen LogP contribution >= 0.6 is 0 Å². The number of nitrogens with two attached hydrogens (primary N) is 1. The Bertz CT molecular complexity index is 659. The van der Waals surface area contributed by atoms with E-state index in [9.17, 15) is 17.6 Å². The van der Waals surface area contributed by atoms with Gasteiger partial charge in [-0.3, -0.25) is 0 Å². The molecule has 0 bridgehead atoms. The Labute approximate surface area is 122 Å². The minimum atomic E-state index is -3.42. The largest absolute Gasteiger partial charge is 0.478 e. The van der Waals surface area contributed by atoms with Crippen LogP contribution in [0.15, 0.2) is 12.1 Å². The van der Waals surface area contributed by atoms with E-state index in [-0.39, 0.29) is 23.5 Å². The first-order valence-corrected chi connectivity index (χ1v) is 7.85. The average Bonchev–Trinajstić information content (AvgIpc) is 2.23. The highest BCUT2D eigenvalue weighted by Crippen LogP contribution is 2.23. The summed E-state index contributed by atoms with van der Waals surface area (Å²) in [6.45, 7) is 3.27. The molecule has 1 rings (SSSR count). The van der Waals surface area contributed by atoms with Crippen molar-refractivity contribution < 1.29 is 22.7 Å². The van der Waals surface area contributed by atoms with Crippen molar-refractivity contribution in [1.82, 2.24) is 4.72 Å². The highest BCUT2D eigenvalue weighted by atomic mass is 32.2. The van der Waals surface area contributed by atoms with Crippen molar-refractivity contribution in [2.75, 3.05) is 23.9 Å². The van der Waals surface area contributed by atoms with Gasteiger partial charge in [0.05, 0.1) is 17.5 Å². The van der Waals surface area contributed by atoms with Gasteiger partial charge in [0.2, 0.25) is 10.0 Å². The molecule has 1 aromatic carbocycles. The minimum absolute atomic E-state index is 0.0555. The topological polar surface area (TPSA) is 122 Å². The first-order chi connectivity index (χ1) is 9.41. The van der Waals surface area contributed by atoms with Gasteiger partial charge in [0, 0.05) is 17.8 Å². The molecule has 0 aliphatic rings. The number of nitrogen functional groups attached to an aromatic ring is 1. The molecule has 7 nitrogen and oxygen atoms in total. The summed E-state index contributed by atoms with van der Waals surface area (Å²) < 4.78 is 38.5. The van der Waals surface area contributed by atoms with E-state index in [2.05, 4.69) is 10.0 Å². The number of carboxylic acid groups (broad SMARTS) is 1. The lowest BCUT2D eigenvalue weighted by atomic mass is 10.1. The number of halogens is 1. The smallest absolute Gasteiger partial charge is 0.337 e. The Hall–Kier alpha value is -1.87. The first-order valence-electron chi connectivity index (χ1n) is 5.96. The summed E-state index contributed by atoms with van der Waals surface area (Å²) in [5.41, 5.74) is 4.06. The van der Waals surface area contributed by atoms with Crippen LogP contribution in [0.3, 0.4) is 0 Å². The number of nitrogens with one attached hydrogen (secondary N) is 2. The third-order valence-corrected chi connectivity index (χ3v) is 3.48. The molecule has 0 aliphatic carbocycles. The van der Waals surface area contributed by atoms with Crippen LogP contribution in [0.25, 0.3) is 0 Å². The van der Waals surface area contributed by atoms with Gasteiger partial charge in [-0.05, 0) is 26.0 Å². The Morgan fingerprint density at radius 2 is 2.00 bits per heavy atom. The van der Waals surface area contributed by atoms with Crippen LogP contribution in [-0.4, -0.2) is 37.8 Å². The fraction of sp³-hybridized carbons (Fsp3) is 0.417. The summed E-state index contributed by atoms with van der Waals surface area (Å²) in [6.07, 6.45) is 1.01. The number of rotatable bonds is 6. The molecule has 0 heterocycles. The minimum Gasteiger partial charge on any atom is -0.478 e. The van der Waals surface area contributed by atoms with Crippen LogP contribution < -0.4 is 15.8 Å². The van der Waals surface area contributed by atoms with Crippen molar-refractivity contribution in [1.29, 1.82) is 0 Å². The van der Waals surface area contributed by atoms with E-state index in [1.54, 1.807) is 13.8 Å². The second-order valence-electron chi connectivity index (χ2n) is 5.34. The van der Waals surface area contributed by atoms with Crippen molar-refractivity contribution in [2.45, 2.75) is 19.4 Å². The van der Waals surface area contributed by atoms with Crippen LogP contribution in [0.4, 0.5) is 15.8 Å². The SMILES string of the molecule is CC(C)(CNc1cc(C(=O)O)c(N)cc1F)NS(C)(=O)=O. The number of aromatic carboxylic acids is 1. The summed E-state index contributed by atoms with van der Waals surface area (Å²) in [5, 5.41) is 11.6. The zero-order chi connectivity index (χ0) is 16.4. The van der Waals surface area contributed by atoms with Crippen LogP contribution in [-0.2, 0) is 10.0 Å². The molecule has 0 saturated heterocycles. The third-order valence-electron chi connectivity index (χ3n) is 2.55.